The summed E-state index contributed by atoms with van der Waals surface area (Å²) >= 11 is 6.31. The smallest absolute Gasteiger partial charge is 0.191 e. The molecule has 1 aromatic heterocycles. The van der Waals surface area contributed by atoms with Crippen molar-refractivity contribution >= 4 is 47.4 Å². The molecule has 2 saturated heterocycles. The maximum absolute atomic E-state index is 6.31. The van der Waals surface area contributed by atoms with Crippen molar-refractivity contribution in [3.63, 3.8) is 0 Å². The van der Waals surface area contributed by atoms with Crippen molar-refractivity contribution in [1.29, 1.82) is 0 Å². The minimum atomic E-state index is 0. The lowest BCUT2D eigenvalue weighted by atomic mass is 10.00. The molecular formula is C21H36ClIN6O. The molecule has 2 N–H and O–H groups in total. The van der Waals surface area contributed by atoms with E-state index in [1.807, 2.05) is 19.2 Å². The normalized spacial score (nSPS) is 25.7. The maximum Gasteiger partial charge on any atom is 0.191 e. The number of guanidine groups is 1. The third-order valence-electron chi connectivity index (χ3n) is 5.76. The van der Waals surface area contributed by atoms with E-state index in [-0.39, 0.29) is 41.7 Å². The lowest BCUT2D eigenvalue weighted by molar-refractivity contribution is -0.0946. The number of halogens is 2. The molecule has 0 bridgehead atoms. The molecule has 0 amide bonds. The summed E-state index contributed by atoms with van der Waals surface area (Å²) in [6.07, 6.45) is 3.34. The molecule has 2 fully saturated rings. The van der Waals surface area contributed by atoms with Gasteiger partial charge in [-0.3, -0.25) is 9.89 Å². The molecule has 3 heterocycles. The lowest BCUT2D eigenvalue weighted by Crippen LogP contribution is -2.59. The summed E-state index contributed by atoms with van der Waals surface area (Å²) in [4.78, 5) is 13.6. The summed E-state index contributed by atoms with van der Waals surface area (Å²) in [7, 11) is 1.82. The first-order valence-corrected chi connectivity index (χ1v) is 10.9. The fraction of sp³-hybridized carbons (Fsp3) is 0.714. The Kier molecular flexibility index (Phi) is 9.45. The van der Waals surface area contributed by atoms with Gasteiger partial charge in [0.15, 0.2) is 5.96 Å². The minimum Gasteiger partial charge on any atom is -0.373 e. The average molecular weight is 551 g/mol. The summed E-state index contributed by atoms with van der Waals surface area (Å²) in [5, 5.41) is 7.79. The highest BCUT2D eigenvalue weighted by molar-refractivity contribution is 14.0. The topological polar surface area (TPSA) is 65.0 Å². The number of pyridine rings is 1. The van der Waals surface area contributed by atoms with Crippen LogP contribution in [0.3, 0.4) is 0 Å². The molecule has 0 radical (unpaired) electrons. The van der Waals surface area contributed by atoms with E-state index in [0.29, 0.717) is 11.1 Å². The van der Waals surface area contributed by atoms with Crippen molar-refractivity contribution in [3.05, 3.63) is 23.4 Å². The summed E-state index contributed by atoms with van der Waals surface area (Å²) < 4.78 is 5.88. The van der Waals surface area contributed by atoms with E-state index in [2.05, 4.69) is 58.1 Å². The Morgan fingerprint density at radius 3 is 2.63 bits per heavy atom. The molecule has 30 heavy (non-hydrogen) atoms. The number of anilines is 1. The fourth-order valence-electron chi connectivity index (χ4n) is 4.15. The molecule has 0 aromatic carbocycles. The average Bonchev–Trinajstić information content (AvgIpc) is 3.13. The van der Waals surface area contributed by atoms with Crippen LogP contribution in [0.4, 0.5) is 5.82 Å². The van der Waals surface area contributed by atoms with Crippen molar-refractivity contribution in [2.75, 3.05) is 44.7 Å². The predicted octanol–water partition coefficient (Wildman–Crippen LogP) is 2.98. The second-order valence-electron chi connectivity index (χ2n) is 8.79. The first-order chi connectivity index (χ1) is 13.8. The number of nitrogens with one attached hydrogen (secondary N) is 2. The Morgan fingerprint density at radius 2 is 2.00 bits per heavy atom. The number of aliphatic imine (C=N–C) groups is 1. The van der Waals surface area contributed by atoms with E-state index in [4.69, 9.17) is 16.3 Å². The molecular weight excluding hydrogens is 515 g/mol. The van der Waals surface area contributed by atoms with Gasteiger partial charge < -0.3 is 20.3 Å². The van der Waals surface area contributed by atoms with Crippen LogP contribution in [-0.2, 0) is 4.74 Å². The maximum atomic E-state index is 6.31. The second kappa shape index (κ2) is 11.2. The molecule has 0 spiro atoms. The van der Waals surface area contributed by atoms with Crippen LogP contribution in [0.5, 0.6) is 0 Å². The highest BCUT2D eigenvalue weighted by Gasteiger charge is 2.33. The SMILES string of the molecule is CN=C(NCC(C)(C)N1CC(C)OC(C)C1)NC1CCN(c2ncccc2Cl)C1.I. The van der Waals surface area contributed by atoms with E-state index in [1.165, 1.54) is 0 Å². The fourth-order valence-corrected chi connectivity index (χ4v) is 4.39. The van der Waals surface area contributed by atoms with Crippen molar-refractivity contribution in [3.8, 4) is 0 Å². The molecule has 3 atom stereocenters. The number of morpholine rings is 1. The van der Waals surface area contributed by atoms with Gasteiger partial charge in [-0.25, -0.2) is 4.98 Å². The van der Waals surface area contributed by atoms with Crippen LogP contribution in [-0.4, -0.2) is 79.4 Å². The van der Waals surface area contributed by atoms with Gasteiger partial charge in [0.1, 0.15) is 5.82 Å². The van der Waals surface area contributed by atoms with Crippen LogP contribution in [0.1, 0.15) is 34.1 Å². The molecule has 0 aliphatic carbocycles. The van der Waals surface area contributed by atoms with E-state index in [1.54, 1.807) is 6.20 Å². The molecule has 0 saturated carbocycles. The third-order valence-corrected chi connectivity index (χ3v) is 6.05. The first-order valence-electron chi connectivity index (χ1n) is 10.5. The number of aromatic nitrogens is 1. The largest absolute Gasteiger partial charge is 0.373 e. The zero-order valence-corrected chi connectivity index (χ0v) is 21.8. The van der Waals surface area contributed by atoms with Crippen molar-refractivity contribution in [1.82, 2.24) is 20.5 Å². The third kappa shape index (κ3) is 6.58. The zero-order chi connectivity index (χ0) is 21.0. The zero-order valence-electron chi connectivity index (χ0n) is 18.7. The quantitative estimate of drug-likeness (QED) is 0.334. The highest BCUT2D eigenvalue weighted by atomic mass is 127. The summed E-state index contributed by atoms with van der Waals surface area (Å²) in [5.41, 5.74) is 0.00706. The van der Waals surface area contributed by atoms with Crippen LogP contribution in [0.15, 0.2) is 23.3 Å². The van der Waals surface area contributed by atoms with Gasteiger partial charge in [0.25, 0.3) is 0 Å². The van der Waals surface area contributed by atoms with Gasteiger partial charge in [0, 0.05) is 57.5 Å². The predicted molar refractivity (Wildman–Crippen MR) is 135 cm³/mol. The van der Waals surface area contributed by atoms with E-state index in [0.717, 1.165) is 50.9 Å². The number of hydrogen-bond acceptors (Lipinski definition) is 5. The molecule has 1 aromatic rings. The van der Waals surface area contributed by atoms with Gasteiger partial charge >= 0.3 is 0 Å². The Morgan fingerprint density at radius 1 is 1.30 bits per heavy atom. The first kappa shape index (κ1) is 25.4. The lowest BCUT2D eigenvalue weighted by Gasteiger charge is -2.45. The molecule has 3 rings (SSSR count). The Balaban J connectivity index is 0.00000320. The summed E-state index contributed by atoms with van der Waals surface area (Å²) in [6.45, 7) is 13.4. The van der Waals surface area contributed by atoms with Crippen LogP contribution in [0.2, 0.25) is 5.02 Å². The van der Waals surface area contributed by atoms with Crippen molar-refractivity contribution in [2.45, 2.75) is 57.9 Å². The van der Waals surface area contributed by atoms with E-state index in [9.17, 15) is 0 Å². The molecule has 170 valence electrons. The molecule has 7 nitrogen and oxygen atoms in total. The number of ether oxygens (including phenoxy) is 1. The molecule has 9 heteroatoms. The Labute approximate surface area is 203 Å². The highest BCUT2D eigenvalue weighted by Crippen LogP contribution is 2.26. The van der Waals surface area contributed by atoms with E-state index < -0.39 is 0 Å². The van der Waals surface area contributed by atoms with E-state index >= 15 is 0 Å². The molecule has 2 aliphatic heterocycles. The standard InChI is InChI=1S/C21H35ClN6O.HI/c1-15-11-28(12-16(2)29-15)21(3,4)14-25-20(23-5)26-17-8-10-27(13-17)19-18(22)7-6-9-24-19;/h6-7,9,15-17H,8,10-14H2,1-5H3,(H2,23,25,26);1H. The van der Waals surface area contributed by atoms with Gasteiger partial charge in [-0.05, 0) is 46.2 Å². The second-order valence-corrected chi connectivity index (χ2v) is 9.19. The van der Waals surface area contributed by atoms with Gasteiger partial charge in [-0.2, -0.15) is 0 Å². The van der Waals surface area contributed by atoms with Gasteiger partial charge in [0.05, 0.1) is 17.2 Å². The van der Waals surface area contributed by atoms with Crippen LogP contribution < -0.4 is 15.5 Å². The number of rotatable bonds is 5. The van der Waals surface area contributed by atoms with Gasteiger partial charge in [0.2, 0.25) is 0 Å². The van der Waals surface area contributed by atoms with Crippen LogP contribution in [0.25, 0.3) is 0 Å². The van der Waals surface area contributed by atoms with Crippen molar-refractivity contribution < 1.29 is 4.74 Å². The summed E-state index contributed by atoms with van der Waals surface area (Å²) in [6, 6.07) is 4.06. The minimum absolute atomic E-state index is 0. The van der Waals surface area contributed by atoms with Gasteiger partial charge in [-0.15, -0.1) is 24.0 Å². The number of hydrogen-bond donors (Lipinski definition) is 2. The Hall–Kier alpha value is -0.840. The monoisotopic (exact) mass is 550 g/mol. The van der Waals surface area contributed by atoms with Crippen LogP contribution >= 0.6 is 35.6 Å². The Bertz CT molecular complexity index is 708. The number of nitrogens with zero attached hydrogens (tertiary/aromatic N) is 4. The molecule has 2 aliphatic rings. The summed E-state index contributed by atoms with van der Waals surface area (Å²) in [5.74, 6) is 1.70. The van der Waals surface area contributed by atoms with Crippen LogP contribution in [0, 0.1) is 0 Å². The molecule has 3 unspecified atom stereocenters. The van der Waals surface area contributed by atoms with Crippen molar-refractivity contribution in [2.24, 2.45) is 4.99 Å². The van der Waals surface area contributed by atoms with Gasteiger partial charge in [-0.1, -0.05) is 11.6 Å².